The zero-order valence-electron chi connectivity index (χ0n) is 15.9. The van der Waals surface area contributed by atoms with Crippen LogP contribution in [-0.4, -0.2) is 35.9 Å². The van der Waals surface area contributed by atoms with Gasteiger partial charge in [0.25, 0.3) is 5.91 Å². The van der Waals surface area contributed by atoms with Crippen molar-refractivity contribution in [2.45, 2.75) is 33.4 Å². The van der Waals surface area contributed by atoms with Crippen molar-refractivity contribution in [1.82, 2.24) is 15.8 Å². The van der Waals surface area contributed by atoms with E-state index in [-0.39, 0.29) is 11.5 Å². The Balaban J connectivity index is 1.85. The number of carbonyl (C=O) groups is 2. The maximum Gasteiger partial charge on any atom is 0.305 e. The Kier molecular flexibility index (Phi) is 7.51. The molecule has 152 valence electrons. The summed E-state index contributed by atoms with van der Waals surface area (Å²) in [5.74, 6) is -2.73. The van der Waals surface area contributed by atoms with Gasteiger partial charge >= 0.3 is 5.91 Å². The van der Waals surface area contributed by atoms with E-state index in [2.05, 4.69) is 15.8 Å². The lowest BCUT2D eigenvalue weighted by atomic mass is 10.3. The maximum atomic E-state index is 13.2. The Labute approximate surface area is 161 Å². The van der Waals surface area contributed by atoms with Crippen molar-refractivity contribution >= 4 is 11.8 Å². The first-order valence-electron chi connectivity index (χ1n) is 8.87. The number of furan rings is 1. The third kappa shape index (κ3) is 5.78. The van der Waals surface area contributed by atoms with Crippen LogP contribution in [0, 0.1) is 11.6 Å². The molecule has 0 aliphatic rings. The summed E-state index contributed by atoms with van der Waals surface area (Å²) in [4.78, 5) is 26.2. The topological polar surface area (TPSA) is 83.8 Å². The molecule has 0 saturated carbocycles. The minimum absolute atomic E-state index is 0.0139. The first-order chi connectivity index (χ1) is 13.3. The summed E-state index contributed by atoms with van der Waals surface area (Å²) in [6.07, 6.45) is -1.06. The number of amides is 2. The van der Waals surface area contributed by atoms with Gasteiger partial charge in [0.1, 0.15) is 11.5 Å². The SMILES string of the molecule is CCN(CC)Cc1ccc(C(=O)NNC(=O)C(C)Oc2ccc(F)c(F)c2)o1. The average molecular weight is 395 g/mol. The van der Waals surface area contributed by atoms with Gasteiger partial charge in [-0.05, 0) is 44.3 Å². The highest BCUT2D eigenvalue weighted by Crippen LogP contribution is 2.16. The summed E-state index contributed by atoms with van der Waals surface area (Å²) < 4.78 is 36.8. The number of hydrogen-bond acceptors (Lipinski definition) is 5. The van der Waals surface area contributed by atoms with Gasteiger partial charge in [0.2, 0.25) is 0 Å². The van der Waals surface area contributed by atoms with Crippen molar-refractivity contribution < 1.29 is 27.5 Å². The van der Waals surface area contributed by atoms with E-state index in [1.165, 1.54) is 19.1 Å². The van der Waals surface area contributed by atoms with Gasteiger partial charge in [-0.2, -0.15) is 0 Å². The van der Waals surface area contributed by atoms with Gasteiger partial charge in [-0.15, -0.1) is 0 Å². The number of rotatable bonds is 8. The minimum Gasteiger partial charge on any atom is -0.481 e. The molecular formula is C19H23F2N3O4. The first-order valence-corrected chi connectivity index (χ1v) is 8.87. The molecule has 0 spiro atoms. The lowest BCUT2D eigenvalue weighted by Gasteiger charge is -2.16. The van der Waals surface area contributed by atoms with Crippen LogP contribution >= 0.6 is 0 Å². The summed E-state index contributed by atoms with van der Waals surface area (Å²) in [6, 6.07) is 6.13. The summed E-state index contributed by atoms with van der Waals surface area (Å²) in [7, 11) is 0. The van der Waals surface area contributed by atoms with Gasteiger partial charge in [-0.25, -0.2) is 8.78 Å². The van der Waals surface area contributed by atoms with E-state index in [0.717, 1.165) is 25.2 Å². The Morgan fingerprint density at radius 1 is 1.11 bits per heavy atom. The predicted octanol–water partition coefficient (Wildman–Crippen LogP) is 2.63. The molecule has 1 unspecified atom stereocenters. The normalized spacial score (nSPS) is 11.9. The molecule has 2 amide bonds. The number of benzene rings is 1. The molecule has 0 radical (unpaired) electrons. The average Bonchev–Trinajstić information content (AvgIpc) is 3.15. The smallest absolute Gasteiger partial charge is 0.305 e. The van der Waals surface area contributed by atoms with Crippen LogP contribution in [0.4, 0.5) is 8.78 Å². The molecule has 0 bridgehead atoms. The monoisotopic (exact) mass is 395 g/mol. The highest BCUT2D eigenvalue weighted by Gasteiger charge is 2.18. The van der Waals surface area contributed by atoms with E-state index in [1.54, 1.807) is 6.07 Å². The van der Waals surface area contributed by atoms with Crippen molar-refractivity contribution in [2.24, 2.45) is 0 Å². The number of hydrazine groups is 1. The Morgan fingerprint density at radius 3 is 2.46 bits per heavy atom. The van der Waals surface area contributed by atoms with Gasteiger partial charge < -0.3 is 9.15 Å². The number of carbonyl (C=O) groups excluding carboxylic acids is 2. The lowest BCUT2D eigenvalue weighted by molar-refractivity contribution is -0.128. The minimum atomic E-state index is -1.09. The molecule has 28 heavy (non-hydrogen) atoms. The Bertz CT molecular complexity index is 821. The van der Waals surface area contributed by atoms with Gasteiger partial charge in [-0.1, -0.05) is 13.8 Å². The Hall–Kier alpha value is -2.94. The van der Waals surface area contributed by atoms with E-state index in [1.807, 2.05) is 13.8 Å². The molecule has 2 rings (SSSR count). The highest BCUT2D eigenvalue weighted by molar-refractivity contribution is 5.93. The van der Waals surface area contributed by atoms with E-state index in [9.17, 15) is 18.4 Å². The standard InChI is InChI=1S/C19H23F2N3O4/c1-4-24(5-2)11-14-7-9-17(28-14)19(26)23-22-18(25)12(3)27-13-6-8-15(20)16(21)10-13/h6-10,12H,4-5,11H2,1-3H3,(H,22,25)(H,23,26). The molecule has 7 nitrogen and oxygen atoms in total. The molecule has 1 aromatic heterocycles. The predicted molar refractivity (Wildman–Crippen MR) is 97.4 cm³/mol. The second-order valence-electron chi connectivity index (χ2n) is 6.01. The fraction of sp³-hybridized carbons (Fsp3) is 0.368. The van der Waals surface area contributed by atoms with Crippen LogP contribution in [0.2, 0.25) is 0 Å². The number of ether oxygens (including phenoxy) is 1. The molecule has 1 heterocycles. The molecule has 2 aromatic rings. The van der Waals surface area contributed by atoms with Crippen LogP contribution in [0.3, 0.4) is 0 Å². The third-order valence-electron chi connectivity index (χ3n) is 4.03. The van der Waals surface area contributed by atoms with E-state index >= 15 is 0 Å². The second kappa shape index (κ2) is 9.84. The first kappa shape index (κ1) is 21.4. The molecule has 9 heteroatoms. The number of nitrogens with zero attached hydrogens (tertiary/aromatic N) is 1. The summed E-state index contributed by atoms with van der Waals surface area (Å²) >= 11 is 0. The third-order valence-corrected chi connectivity index (χ3v) is 4.03. The molecule has 1 atom stereocenters. The lowest BCUT2D eigenvalue weighted by Crippen LogP contribution is -2.47. The number of halogens is 2. The van der Waals surface area contributed by atoms with Crippen molar-refractivity contribution in [3.05, 3.63) is 53.5 Å². The summed E-state index contributed by atoms with van der Waals surface area (Å²) in [5, 5.41) is 0. The molecule has 0 aliphatic heterocycles. The van der Waals surface area contributed by atoms with Crippen molar-refractivity contribution in [2.75, 3.05) is 13.1 Å². The van der Waals surface area contributed by atoms with Crippen molar-refractivity contribution in [3.63, 3.8) is 0 Å². The summed E-state index contributed by atoms with van der Waals surface area (Å²) in [6.45, 7) is 7.73. The molecular weight excluding hydrogens is 372 g/mol. The van der Waals surface area contributed by atoms with Gasteiger partial charge in [-0.3, -0.25) is 25.3 Å². The van der Waals surface area contributed by atoms with Crippen LogP contribution in [0.1, 0.15) is 37.1 Å². The van der Waals surface area contributed by atoms with Crippen molar-refractivity contribution in [3.8, 4) is 5.75 Å². The fourth-order valence-electron chi connectivity index (χ4n) is 2.34. The molecule has 2 N–H and O–H groups in total. The Morgan fingerprint density at radius 2 is 1.82 bits per heavy atom. The quantitative estimate of drug-likeness (QED) is 0.672. The van der Waals surface area contributed by atoms with E-state index in [4.69, 9.17) is 9.15 Å². The van der Waals surface area contributed by atoms with E-state index < -0.39 is 29.6 Å². The summed E-state index contributed by atoms with van der Waals surface area (Å²) in [5.41, 5.74) is 4.42. The van der Waals surface area contributed by atoms with Gasteiger partial charge in [0.05, 0.1) is 6.54 Å². The largest absolute Gasteiger partial charge is 0.481 e. The molecule has 0 fully saturated rings. The number of nitrogens with one attached hydrogen (secondary N) is 2. The van der Waals surface area contributed by atoms with Crippen LogP contribution in [0.5, 0.6) is 5.75 Å². The highest BCUT2D eigenvalue weighted by atomic mass is 19.2. The zero-order valence-corrected chi connectivity index (χ0v) is 15.9. The second-order valence-corrected chi connectivity index (χ2v) is 6.01. The van der Waals surface area contributed by atoms with Gasteiger partial charge in [0.15, 0.2) is 23.5 Å². The molecule has 1 aromatic carbocycles. The molecule has 0 aliphatic carbocycles. The van der Waals surface area contributed by atoms with Gasteiger partial charge in [0, 0.05) is 6.07 Å². The maximum absolute atomic E-state index is 13.2. The van der Waals surface area contributed by atoms with Crippen LogP contribution in [0.15, 0.2) is 34.7 Å². The fourth-order valence-corrected chi connectivity index (χ4v) is 2.34. The molecule has 0 saturated heterocycles. The van der Waals surface area contributed by atoms with Crippen LogP contribution < -0.4 is 15.6 Å². The van der Waals surface area contributed by atoms with Crippen LogP contribution in [-0.2, 0) is 11.3 Å². The zero-order chi connectivity index (χ0) is 20.7. The van der Waals surface area contributed by atoms with Crippen LogP contribution in [0.25, 0.3) is 0 Å². The number of hydrogen-bond donors (Lipinski definition) is 2. The van der Waals surface area contributed by atoms with E-state index in [0.29, 0.717) is 12.3 Å². The van der Waals surface area contributed by atoms with Crippen molar-refractivity contribution in [1.29, 1.82) is 0 Å².